The van der Waals surface area contributed by atoms with Gasteiger partial charge in [0, 0.05) is 39.8 Å². The Hall–Kier alpha value is -3.24. The SMILES string of the molecule is COc1ccc([C@@H]2C3c4c(OC)cc(OC)cc4[C@H]2[C@@H](c2ccc(C)cc2)c2c(C)cc(C)c(Br)c23)cc1. The van der Waals surface area contributed by atoms with E-state index < -0.39 is 0 Å². The molecule has 0 spiro atoms. The average Bonchev–Trinajstić information content (AvgIpc) is 3.20. The molecule has 3 nitrogen and oxygen atoms in total. The van der Waals surface area contributed by atoms with Crippen LogP contribution in [0.5, 0.6) is 17.2 Å². The quantitative estimate of drug-likeness (QED) is 0.241. The highest BCUT2D eigenvalue weighted by Crippen LogP contribution is 2.69. The van der Waals surface area contributed by atoms with Gasteiger partial charge >= 0.3 is 0 Å². The van der Waals surface area contributed by atoms with Crippen molar-refractivity contribution in [2.24, 2.45) is 0 Å². The third kappa shape index (κ3) is 3.68. The van der Waals surface area contributed by atoms with E-state index in [1.807, 2.05) is 6.07 Å². The summed E-state index contributed by atoms with van der Waals surface area (Å²) < 4.78 is 18.6. The summed E-state index contributed by atoms with van der Waals surface area (Å²) in [4.78, 5) is 0. The first-order valence-corrected chi connectivity index (χ1v) is 13.9. The minimum Gasteiger partial charge on any atom is -0.497 e. The van der Waals surface area contributed by atoms with Gasteiger partial charge in [-0.2, -0.15) is 0 Å². The highest BCUT2D eigenvalue weighted by molar-refractivity contribution is 9.10. The summed E-state index contributed by atoms with van der Waals surface area (Å²) in [5.41, 5.74) is 11.9. The lowest BCUT2D eigenvalue weighted by Crippen LogP contribution is -2.27. The van der Waals surface area contributed by atoms with Gasteiger partial charge in [0.05, 0.1) is 21.3 Å². The number of fused-ring (bicyclic) bond motifs is 7. The van der Waals surface area contributed by atoms with E-state index in [2.05, 4.69) is 97.4 Å². The Morgan fingerprint density at radius 2 is 1.24 bits per heavy atom. The Balaban J connectivity index is 1.74. The number of hydrogen-bond donors (Lipinski definition) is 0. The molecule has 194 valence electrons. The molecule has 0 N–H and O–H groups in total. The molecule has 1 unspecified atom stereocenters. The molecule has 0 fully saturated rings. The van der Waals surface area contributed by atoms with Crippen LogP contribution in [0.25, 0.3) is 0 Å². The van der Waals surface area contributed by atoms with Crippen LogP contribution < -0.4 is 14.2 Å². The van der Waals surface area contributed by atoms with Crippen LogP contribution in [0.15, 0.2) is 71.2 Å². The van der Waals surface area contributed by atoms with E-state index in [0.29, 0.717) is 0 Å². The fourth-order valence-corrected chi connectivity index (χ4v) is 7.66. The summed E-state index contributed by atoms with van der Waals surface area (Å²) in [6.07, 6.45) is 0. The molecule has 2 aliphatic carbocycles. The summed E-state index contributed by atoms with van der Waals surface area (Å²) in [7, 11) is 5.23. The van der Waals surface area contributed by atoms with Gasteiger partial charge in [-0.3, -0.25) is 0 Å². The zero-order valence-electron chi connectivity index (χ0n) is 22.8. The number of halogens is 1. The third-order valence-electron chi connectivity index (χ3n) is 8.67. The minimum atomic E-state index is 0.147. The fraction of sp³-hybridized carbons (Fsp3) is 0.294. The molecule has 0 saturated heterocycles. The molecule has 4 aromatic carbocycles. The average molecular weight is 570 g/mol. The molecular weight excluding hydrogens is 536 g/mol. The lowest BCUT2D eigenvalue weighted by molar-refractivity contribution is 0.390. The highest BCUT2D eigenvalue weighted by atomic mass is 79.9. The second kappa shape index (κ2) is 9.50. The van der Waals surface area contributed by atoms with Gasteiger partial charge in [-0.15, -0.1) is 0 Å². The molecule has 6 rings (SSSR count). The van der Waals surface area contributed by atoms with Crippen molar-refractivity contribution in [2.75, 3.05) is 21.3 Å². The number of hydrogen-bond acceptors (Lipinski definition) is 3. The van der Waals surface area contributed by atoms with Crippen molar-refractivity contribution in [2.45, 2.75) is 44.4 Å². The van der Waals surface area contributed by atoms with Gasteiger partial charge in [-0.1, -0.05) is 64.0 Å². The standard InChI is InChI=1S/C34H33BrO3/c1-18-7-9-21(10-8-18)28-27-19(2)15-20(3)34(35)33(27)32-29(22-11-13-23(36-4)14-12-22)31(28)25-16-24(37-5)17-26(38-6)30(25)32/h7-17,28-29,31-32H,1-6H3/t28-,29-,31-,32?/m0/s1. The van der Waals surface area contributed by atoms with Gasteiger partial charge in [0.15, 0.2) is 0 Å². The minimum absolute atomic E-state index is 0.147. The molecule has 38 heavy (non-hydrogen) atoms. The molecular formula is C34H33BrO3. The van der Waals surface area contributed by atoms with E-state index in [1.54, 1.807) is 21.3 Å². The number of aryl methyl sites for hydroxylation is 3. The van der Waals surface area contributed by atoms with Gasteiger partial charge in [0.25, 0.3) is 0 Å². The van der Waals surface area contributed by atoms with Crippen molar-refractivity contribution in [3.05, 3.63) is 121 Å². The number of benzene rings is 4. The van der Waals surface area contributed by atoms with Gasteiger partial charge in [0.1, 0.15) is 17.2 Å². The Morgan fingerprint density at radius 3 is 1.87 bits per heavy atom. The maximum absolute atomic E-state index is 6.09. The predicted molar refractivity (Wildman–Crippen MR) is 157 cm³/mol. The summed E-state index contributed by atoms with van der Waals surface area (Å²) in [5, 5.41) is 0. The Bertz CT molecular complexity index is 1520. The maximum atomic E-state index is 6.09. The van der Waals surface area contributed by atoms with Crippen LogP contribution in [0.1, 0.15) is 73.7 Å². The van der Waals surface area contributed by atoms with E-state index in [-0.39, 0.29) is 23.7 Å². The van der Waals surface area contributed by atoms with Crippen LogP contribution in [0.2, 0.25) is 0 Å². The van der Waals surface area contributed by atoms with Gasteiger partial charge in [-0.25, -0.2) is 0 Å². The summed E-state index contributed by atoms with van der Waals surface area (Å²) in [6, 6.07) is 24.4. The highest BCUT2D eigenvalue weighted by Gasteiger charge is 2.54. The first kappa shape index (κ1) is 25.1. The van der Waals surface area contributed by atoms with Crippen molar-refractivity contribution < 1.29 is 14.2 Å². The normalized spacial score (nSPS) is 21.0. The lowest BCUT2D eigenvalue weighted by atomic mass is 9.62. The van der Waals surface area contributed by atoms with Crippen LogP contribution in [-0.2, 0) is 0 Å². The van der Waals surface area contributed by atoms with Crippen LogP contribution >= 0.6 is 15.9 Å². The molecule has 0 heterocycles. The first-order valence-electron chi connectivity index (χ1n) is 13.1. The molecule has 2 bridgehead atoms. The maximum Gasteiger partial charge on any atom is 0.126 e. The Labute approximate surface area is 233 Å². The van der Waals surface area contributed by atoms with Crippen molar-refractivity contribution in [3.8, 4) is 17.2 Å². The summed E-state index contributed by atoms with van der Waals surface area (Å²) >= 11 is 4.08. The molecule has 2 aliphatic rings. The van der Waals surface area contributed by atoms with E-state index in [1.165, 1.54) is 54.5 Å². The van der Waals surface area contributed by atoms with Gasteiger partial charge in [-0.05, 0) is 77.9 Å². The number of methoxy groups -OCH3 is 3. The second-order valence-corrected chi connectivity index (χ2v) is 11.5. The molecule has 4 atom stereocenters. The molecule has 0 aromatic heterocycles. The molecule has 0 amide bonds. The number of ether oxygens (including phenoxy) is 3. The fourth-order valence-electron chi connectivity index (χ4n) is 7.09. The van der Waals surface area contributed by atoms with Crippen molar-refractivity contribution in [3.63, 3.8) is 0 Å². The second-order valence-electron chi connectivity index (χ2n) is 10.7. The van der Waals surface area contributed by atoms with E-state index >= 15 is 0 Å². The van der Waals surface area contributed by atoms with Crippen LogP contribution in [-0.4, -0.2) is 21.3 Å². The smallest absolute Gasteiger partial charge is 0.126 e. The predicted octanol–water partition coefficient (Wildman–Crippen LogP) is 8.56. The third-order valence-corrected chi connectivity index (χ3v) is 9.72. The summed E-state index contributed by atoms with van der Waals surface area (Å²) in [6.45, 7) is 6.63. The van der Waals surface area contributed by atoms with Gasteiger partial charge in [0.2, 0.25) is 0 Å². The number of rotatable bonds is 5. The van der Waals surface area contributed by atoms with E-state index in [9.17, 15) is 0 Å². The molecule has 4 heteroatoms. The van der Waals surface area contributed by atoms with Crippen molar-refractivity contribution in [1.82, 2.24) is 0 Å². The zero-order valence-corrected chi connectivity index (χ0v) is 24.3. The first-order chi connectivity index (χ1) is 18.4. The van der Waals surface area contributed by atoms with Crippen LogP contribution in [0, 0.1) is 20.8 Å². The molecule has 0 aliphatic heterocycles. The summed E-state index contributed by atoms with van der Waals surface area (Å²) in [5.74, 6) is 3.38. The Morgan fingerprint density at radius 1 is 0.579 bits per heavy atom. The molecule has 0 saturated carbocycles. The lowest BCUT2D eigenvalue weighted by Gasteiger charge is -2.41. The zero-order chi connectivity index (χ0) is 26.7. The van der Waals surface area contributed by atoms with Crippen LogP contribution in [0.4, 0.5) is 0 Å². The van der Waals surface area contributed by atoms with E-state index in [0.717, 1.165) is 17.2 Å². The Kier molecular flexibility index (Phi) is 6.26. The topological polar surface area (TPSA) is 27.7 Å². The van der Waals surface area contributed by atoms with Crippen molar-refractivity contribution in [1.29, 1.82) is 0 Å². The molecule has 0 radical (unpaired) electrons. The van der Waals surface area contributed by atoms with Crippen molar-refractivity contribution >= 4 is 15.9 Å². The van der Waals surface area contributed by atoms with Gasteiger partial charge < -0.3 is 14.2 Å². The largest absolute Gasteiger partial charge is 0.497 e. The monoisotopic (exact) mass is 568 g/mol. The van der Waals surface area contributed by atoms with E-state index in [4.69, 9.17) is 14.2 Å². The molecule has 4 aromatic rings. The van der Waals surface area contributed by atoms with Crippen LogP contribution in [0.3, 0.4) is 0 Å².